The second-order valence-electron chi connectivity index (χ2n) is 2.88. The average molecular weight is 152 g/mol. The monoisotopic (exact) mass is 152 g/mol. The van der Waals surface area contributed by atoms with E-state index in [0.717, 1.165) is 5.82 Å². The summed E-state index contributed by atoms with van der Waals surface area (Å²) in [5, 5.41) is 3.01. The van der Waals surface area contributed by atoms with Crippen LogP contribution in [0.5, 0.6) is 0 Å². The number of anilines is 1. The van der Waals surface area contributed by atoms with Gasteiger partial charge in [-0.05, 0) is 23.6 Å². The van der Waals surface area contributed by atoms with Crippen LogP contribution in [0, 0.1) is 0 Å². The molecule has 0 fully saturated rings. The Balaban J connectivity index is 0.00000121. The van der Waals surface area contributed by atoms with Gasteiger partial charge in [0.05, 0.1) is 0 Å². The molecule has 11 heavy (non-hydrogen) atoms. The lowest BCUT2D eigenvalue weighted by Gasteiger charge is -2.05. The summed E-state index contributed by atoms with van der Waals surface area (Å²) in [5.41, 5.74) is 1.32. The van der Waals surface area contributed by atoms with Crippen molar-refractivity contribution in [2.24, 2.45) is 0 Å². The van der Waals surface area contributed by atoms with Crippen LogP contribution < -0.4 is 5.32 Å². The second kappa shape index (κ2) is 3.37. The van der Waals surface area contributed by atoms with Crippen LogP contribution in [0.25, 0.3) is 0 Å². The molecule has 62 valence electrons. The minimum atomic E-state index is 0. The Morgan fingerprint density at radius 1 is 1.55 bits per heavy atom. The Labute approximate surface area is 69.1 Å². The van der Waals surface area contributed by atoms with Gasteiger partial charge in [0.1, 0.15) is 5.82 Å². The molecule has 0 saturated heterocycles. The molecule has 1 rings (SSSR count). The highest BCUT2D eigenvalue weighted by Crippen LogP contribution is 2.15. The van der Waals surface area contributed by atoms with E-state index < -0.39 is 0 Å². The van der Waals surface area contributed by atoms with Gasteiger partial charge in [0.2, 0.25) is 0 Å². The predicted molar refractivity (Wildman–Crippen MR) is 50.0 cm³/mol. The van der Waals surface area contributed by atoms with E-state index in [0.29, 0.717) is 5.92 Å². The third-order valence-electron chi connectivity index (χ3n) is 1.71. The number of nitrogens with zero attached hydrogens (tertiary/aromatic N) is 1. The number of hydrogen-bond acceptors (Lipinski definition) is 2. The largest absolute Gasteiger partial charge is 0.373 e. The molecule has 0 aliphatic rings. The standard InChI is InChI=1S/C9H14N2.H2/c1-7(2)8-4-5-11-9(6-8)10-3;/h4-7H,1-3H3,(H,10,11);1H. The quantitative estimate of drug-likeness (QED) is 0.704. The van der Waals surface area contributed by atoms with Crippen LogP contribution in [0.2, 0.25) is 0 Å². The van der Waals surface area contributed by atoms with Crippen molar-refractivity contribution in [3.8, 4) is 0 Å². The average Bonchev–Trinajstić information content (AvgIpc) is 2.05. The van der Waals surface area contributed by atoms with E-state index in [1.165, 1.54) is 5.56 Å². The van der Waals surface area contributed by atoms with E-state index in [1.807, 2.05) is 19.3 Å². The highest BCUT2D eigenvalue weighted by atomic mass is 14.9. The molecule has 0 bridgehead atoms. The fourth-order valence-electron chi connectivity index (χ4n) is 0.943. The van der Waals surface area contributed by atoms with Crippen molar-refractivity contribution >= 4 is 5.82 Å². The van der Waals surface area contributed by atoms with Crippen molar-refractivity contribution in [1.29, 1.82) is 0 Å². The molecule has 1 aromatic heterocycles. The molecular weight excluding hydrogens is 136 g/mol. The number of rotatable bonds is 2. The van der Waals surface area contributed by atoms with E-state index in [2.05, 4.69) is 30.2 Å². The van der Waals surface area contributed by atoms with Crippen LogP contribution in [-0.2, 0) is 0 Å². The highest BCUT2D eigenvalue weighted by Gasteiger charge is 1.98. The molecule has 0 spiro atoms. The summed E-state index contributed by atoms with van der Waals surface area (Å²) in [5.74, 6) is 1.52. The van der Waals surface area contributed by atoms with Gasteiger partial charge in [-0.1, -0.05) is 13.8 Å². The van der Waals surface area contributed by atoms with Gasteiger partial charge in [0.15, 0.2) is 0 Å². The van der Waals surface area contributed by atoms with Crippen LogP contribution >= 0.6 is 0 Å². The molecule has 0 amide bonds. The second-order valence-corrected chi connectivity index (χ2v) is 2.88. The lowest BCUT2D eigenvalue weighted by molar-refractivity contribution is 0.863. The van der Waals surface area contributed by atoms with Crippen LogP contribution in [0.15, 0.2) is 18.3 Å². The van der Waals surface area contributed by atoms with Gasteiger partial charge in [-0.25, -0.2) is 4.98 Å². The Bertz CT molecular complexity index is 236. The first-order valence-corrected chi connectivity index (χ1v) is 3.87. The summed E-state index contributed by atoms with van der Waals surface area (Å²) in [6.07, 6.45) is 1.83. The van der Waals surface area contributed by atoms with Crippen LogP contribution in [0.1, 0.15) is 26.8 Å². The zero-order valence-corrected chi connectivity index (χ0v) is 7.26. The van der Waals surface area contributed by atoms with Crippen molar-refractivity contribution in [1.82, 2.24) is 4.98 Å². The Kier molecular flexibility index (Phi) is 2.47. The molecule has 0 aliphatic heterocycles. The van der Waals surface area contributed by atoms with Crippen LogP contribution in [-0.4, -0.2) is 12.0 Å². The Hall–Kier alpha value is -1.05. The van der Waals surface area contributed by atoms with Crippen molar-refractivity contribution in [2.75, 3.05) is 12.4 Å². The lowest BCUT2D eigenvalue weighted by Crippen LogP contribution is -1.94. The molecular formula is C9H16N2. The zero-order valence-electron chi connectivity index (χ0n) is 7.26. The molecule has 1 N–H and O–H groups in total. The predicted octanol–water partition coefficient (Wildman–Crippen LogP) is 2.49. The first-order valence-electron chi connectivity index (χ1n) is 3.87. The summed E-state index contributed by atoms with van der Waals surface area (Å²) >= 11 is 0. The van der Waals surface area contributed by atoms with Gasteiger partial charge >= 0.3 is 0 Å². The maximum absolute atomic E-state index is 4.13. The van der Waals surface area contributed by atoms with Crippen LogP contribution in [0.4, 0.5) is 5.82 Å². The van der Waals surface area contributed by atoms with Gasteiger partial charge in [0.25, 0.3) is 0 Å². The number of nitrogens with one attached hydrogen (secondary N) is 1. The van der Waals surface area contributed by atoms with Gasteiger partial charge in [-0.3, -0.25) is 0 Å². The number of hydrogen-bond donors (Lipinski definition) is 1. The maximum atomic E-state index is 4.13. The van der Waals surface area contributed by atoms with Gasteiger partial charge in [-0.2, -0.15) is 0 Å². The molecule has 0 aliphatic carbocycles. The molecule has 0 aromatic carbocycles. The molecule has 0 saturated carbocycles. The third-order valence-corrected chi connectivity index (χ3v) is 1.71. The summed E-state index contributed by atoms with van der Waals surface area (Å²) in [6.45, 7) is 4.35. The molecule has 1 aromatic rings. The van der Waals surface area contributed by atoms with Crippen molar-refractivity contribution in [2.45, 2.75) is 19.8 Å². The van der Waals surface area contributed by atoms with E-state index in [9.17, 15) is 0 Å². The molecule has 2 nitrogen and oxygen atoms in total. The topological polar surface area (TPSA) is 24.9 Å². The lowest BCUT2D eigenvalue weighted by atomic mass is 10.1. The van der Waals surface area contributed by atoms with Gasteiger partial charge < -0.3 is 5.32 Å². The van der Waals surface area contributed by atoms with E-state index in [4.69, 9.17) is 0 Å². The van der Waals surface area contributed by atoms with Crippen molar-refractivity contribution in [3.63, 3.8) is 0 Å². The summed E-state index contributed by atoms with van der Waals surface area (Å²) < 4.78 is 0. The third kappa shape index (κ3) is 1.93. The highest BCUT2D eigenvalue weighted by molar-refractivity contribution is 5.37. The molecule has 0 atom stereocenters. The fraction of sp³-hybridized carbons (Fsp3) is 0.444. The molecule has 1 heterocycles. The number of pyridine rings is 1. The summed E-state index contributed by atoms with van der Waals surface area (Å²) in [7, 11) is 1.88. The summed E-state index contributed by atoms with van der Waals surface area (Å²) in [6, 6.07) is 4.12. The summed E-state index contributed by atoms with van der Waals surface area (Å²) in [4.78, 5) is 4.13. The fourth-order valence-corrected chi connectivity index (χ4v) is 0.943. The normalized spacial score (nSPS) is 10.2. The van der Waals surface area contributed by atoms with Gasteiger partial charge in [0, 0.05) is 14.7 Å². The zero-order chi connectivity index (χ0) is 8.27. The SMILES string of the molecule is CNc1cc(C(C)C)ccn1.[HH]. The molecule has 0 unspecified atom stereocenters. The van der Waals surface area contributed by atoms with E-state index in [-0.39, 0.29) is 1.43 Å². The van der Waals surface area contributed by atoms with Crippen molar-refractivity contribution < 1.29 is 1.43 Å². The maximum Gasteiger partial charge on any atom is 0.125 e. The van der Waals surface area contributed by atoms with E-state index >= 15 is 0 Å². The first kappa shape index (κ1) is 8.05. The number of aromatic nitrogens is 1. The smallest absolute Gasteiger partial charge is 0.125 e. The molecule has 0 radical (unpaired) electrons. The van der Waals surface area contributed by atoms with Crippen LogP contribution in [0.3, 0.4) is 0 Å². The first-order chi connectivity index (χ1) is 5.24. The minimum absolute atomic E-state index is 0. The van der Waals surface area contributed by atoms with E-state index in [1.54, 1.807) is 0 Å². The van der Waals surface area contributed by atoms with Gasteiger partial charge in [-0.15, -0.1) is 0 Å². The Morgan fingerprint density at radius 3 is 2.82 bits per heavy atom. The minimum Gasteiger partial charge on any atom is -0.373 e. The Morgan fingerprint density at radius 2 is 2.27 bits per heavy atom. The molecule has 2 heteroatoms. The van der Waals surface area contributed by atoms with Crippen molar-refractivity contribution in [3.05, 3.63) is 23.9 Å².